The lowest BCUT2D eigenvalue weighted by molar-refractivity contribution is -0.198. The second kappa shape index (κ2) is 6.78. The molecule has 1 rings (SSSR count). The van der Waals surface area contributed by atoms with Crippen LogP contribution in [0.1, 0.15) is 51.9 Å². The zero-order valence-electron chi connectivity index (χ0n) is 12.0. The topological polar surface area (TPSA) is 46.5 Å². The molecule has 1 unspecified atom stereocenters. The van der Waals surface area contributed by atoms with Crippen LogP contribution in [0.15, 0.2) is 0 Å². The van der Waals surface area contributed by atoms with Gasteiger partial charge in [-0.2, -0.15) is 13.2 Å². The number of alkyl halides is 3. The summed E-state index contributed by atoms with van der Waals surface area (Å²) in [6.45, 7) is 1.96. The van der Waals surface area contributed by atoms with Gasteiger partial charge in [0.25, 0.3) is 0 Å². The van der Waals surface area contributed by atoms with E-state index in [0.29, 0.717) is 6.42 Å². The first-order valence-electron chi connectivity index (χ1n) is 7.11. The van der Waals surface area contributed by atoms with Crippen LogP contribution in [-0.2, 0) is 9.53 Å². The van der Waals surface area contributed by atoms with Gasteiger partial charge in [-0.1, -0.05) is 19.8 Å². The molecule has 0 bridgehead atoms. The summed E-state index contributed by atoms with van der Waals surface area (Å²) in [6, 6.07) is 0. The van der Waals surface area contributed by atoms with E-state index in [1.54, 1.807) is 0 Å². The number of hydrogen-bond acceptors (Lipinski definition) is 3. The molecule has 0 aromatic carbocycles. The molecule has 0 heterocycles. The zero-order chi connectivity index (χ0) is 15.4. The Hall–Kier alpha value is -0.780. The van der Waals surface area contributed by atoms with Gasteiger partial charge in [0.15, 0.2) is 0 Å². The van der Waals surface area contributed by atoms with E-state index in [2.05, 4.69) is 0 Å². The quantitative estimate of drug-likeness (QED) is 0.790. The first-order chi connectivity index (χ1) is 9.24. The predicted octanol–water partition coefficient (Wildman–Crippen LogP) is 3.45. The van der Waals surface area contributed by atoms with E-state index < -0.39 is 29.6 Å². The van der Waals surface area contributed by atoms with Crippen LogP contribution in [0.5, 0.6) is 0 Å². The highest BCUT2D eigenvalue weighted by Crippen LogP contribution is 2.44. The van der Waals surface area contributed by atoms with Crippen LogP contribution in [0.2, 0.25) is 0 Å². The summed E-state index contributed by atoms with van der Waals surface area (Å²) in [5.41, 5.74) is -1.36. The number of aliphatic hydroxyl groups is 1. The maximum Gasteiger partial charge on any atom is 0.391 e. The van der Waals surface area contributed by atoms with E-state index in [0.717, 1.165) is 12.8 Å². The molecule has 1 atom stereocenters. The summed E-state index contributed by atoms with van der Waals surface area (Å²) >= 11 is 0. The maximum atomic E-state index is 12.6. The van der Waals surface area contributed by atoms with Crippen molar-refractivity contribution >= 4 is 5.97 Å². The van der Waals surface area contributed by atoms with Gasteiger partial charge in [0, 0.05) is 0 Å². The van der Waals surface area contributed by atoms with Crippen molar-refractivity contribution in [3.8, 4) is 0 Å². The molecular formula is C14H23F3O3. The van der Waals surface area contributed by atoms with Crippen LogP contribution in [-0.4, -0.2) is 30.0 Å². The Morgan fingerprint density at radius 1 is 1.40 bits per heavy atom. The summed E-state index contributed by atoms with van der Waals surface area (Å²) in [6.07, 6.45) is -2.41. The molecule has 0 saturated heterocycles. The number of ether oxygens (including phenoxy) is 1. The number of esters is 1. The van der Waals surface area contributed by atoms with Crippen molar-refractivity contribution in [2.75, 3.05) is 7.11 Å². The van der Waals surface area contributed by atoms with Crippen molar-refractivity contribution in [2.24, 2.45) is 11.8 Å². The Morgan fingerprint density at radius 2 is 1.95 bits per heavy atom. The summed E-state index contributed by atoms with van der Waals surface area (Å²) in [7, 11) is 1.24. The van der Waals surface area contributed by atoms with Gasteiger partial charge < -0.3 is 9.84 Å². The molecule has 1 fully saturated rings. The highest BCUT2D eigenvalue weighted by atomic mass is 19.4. The molecule has 0 radical (unpaired) electrons. The molecule has 0 aromatic heterocycles. The number of methoxy groups -OCH3 is 1. The molecule has 0 amide bonds. The lowest BCUT2D eigenvalue weighted by Gasteiger charge is -2.40. The Balaban J connectivity index is 2.74. The highest BCUT2D eigenvalue weighted by molar-refractivity contribution is 5.73. The molecule has 1 saturated carbocycles. The number of halogens is 3. The van der Waals surface area contributed by atoms with Gasteiger partial charge in [0.2, 0.25) is 0 Å². The fourth-order valence-corrected chi connectivity index (χ4v) is 2.95. The normalized spacial score (nSPS) is 29.0. The molecule has 20 heavy (non-hydrogen) atoms. The van der Waals surface area contributed by atoms with Crippen molar-refractivity contribution in [3.05, 3.63) is 0 Å². The maximum absolute atomic E-state index is 12.6. The average Bonchev–Trinajstić information content (AvgIpc) is 2.38. The monoisotopic (exact) mass is 296 g/mol. The van der Waals surface area contributed by atoms with Crippen LogP contribution in [0.25, 0.3) is 0 Å². The standard InChI is InChI=1S/C14H23F3O3/c1-3-4-5-11(12(18)20-2)13(19)8-6-10(7-9-13)14(15,16)17/h10-11,19H,3-9H2,1-2H3. The number of hydrogen-bond donors (Lipinski definition) is 1. The Kier molecular flexibility index (Phi) is 5.86. The Morgan fingerprint density at radius 3 is 2.35 bits per heavy atom. The van der Waals surface area contributed by atoms with E-state index in [1.165, 1.54) is 7.11 Å². The van der Waals surface area contributed by atoms with Crippen LogP contribution >= 0.6 is 0 Å². The largest absolute Gasteiger partial charge is 0.469 e. The summed E-state index contributed by atoms with van der Waals surface area (Å²) in [4.78, 5) is 11.8. The minimum atomic E-state index is -4.22. The Labute approximate surface area is 117 Å². The lowest BCUT2D eigenvalue weighted by atomic mass is 9.70. The van der Waals surface area contributed by atoms with Crippen LogP contribution < -0.4 is 0 Å². The number of unbranched alkanes of at least 4 members (excludes halogenated alkanes) is 1. The van der Waals surface area contributed by atoms with E-state index in [9.17, 15) is 23.1 Å². The second-order valence-electron chi connectivity index (χ2n) is 5.64. The lowest BCUT2D eigenvalue weighted by Crippen LogP contribution is -2.47. The van der Waals surface area contributed by atoms with E-state index in [1.807, 2.05) is 6.92 Å². The zero-order valence-corrected chi connectivity index (χ0v) is 12.0. The minimum absolute atomic E-state index is 0.000652. The molecule has 1 aliphatic rings. The molecule has 3 nitrogen and oxygen atoms in total. The molecule has 0 spiro atoms. The van der Waals surface area contributed by atoms with Crippen LogP contribution in [0.3, 0.4) is 0 Å². The van der Waals surface area contributed by atoms with Gasteiger partial charge in [-0.25, -0.2) is 0 Å². The number of rotatable bonds is 5. The van der Waals surface area contributed by atoms with Gasteiger partial charge in [-0.15, -0.1) is 0 Å². The minimum Gasteiger partial charge on any atom is -0.469 e. The average molecular weight is 296 g/mol. The fourth-order valence-electron chi connectivity index (χ4n) is 2.95. The smallest absolute Gasteiger partial charge is 0.391 e. The van der Waals surface area contributed by atoms with Crippen molar-refractivity contribution < 1.29 is 27.8 Å². The van der Waals surface area contributed by atoms with Crippen molar-refractivity contribution in [3.63, 3.8) is 0 Å². The van der Waals surface area contributed by atoms with Crippen molar-refractivity contribution in [1.82, 2.24) is 0 Å². The first kappa shape index (κ1) is 17.3. The van der Waals surface area contributed by atoms with Crippen LogP contribution in [0.4, 0.5) is 13.2 Å². The third-order valence-corrected chi connectivity index (χ3v) is 4.30. The SMILES string of the molecule is CCCCC(C(=O)OC)C1(O)CCC(C(F)(F)F)CC1. The molecule has 6 heteroatoms. The highest BCUT2D eigenvalue weighted by Gasteiger charge is 2.49. The van der Waals surface area contributed by atoms with Crippen molar-refractivity contribution in [1.29, 1.82) is 0 Å². The predicted molar refractivity (Wildman–Crippen MR) is 68.0 cm³/mol. The molecular weight excluding hydrogens is 273 g/mol. The van der Waals surface area contributed by atoms with E-state index >= 15 is 0 Å². The first-order valence-corrected chi connectivity index (χ1v) is 7.11. The van der Waals surface area contributed by atoms with Gasteiger partial charge in [-0.05, 0) is 32.1 Å². The van der Waals surface area contributed by atoms with E-state index in [-0.39, 0.29) is 25.7 Å². The van der Waals surface area contributed by atoms with Crippen LogP contribution in [0, 0.1) is 11.8 Å². The van der Waals surface area contributed by atoms with Gasteiger partial charge >= 0.3 is 12.1 Å². The Bertz CT molecular complexity index is 320. The third-order valence-electron chi connectivity index (χ3n) is 4.30. The molecule has 1 aliphatic carbocycles. The van der Waals surface area contributed by atoms with Gasteiger partial charge in [0.05, 0.1) is 24.5 Å². The second-order valence-corrected chi connectivity index (χ2v) is 5.64. The van der Waals surface area contributed by atoms with Gasteiger partial charge in [-0.3, -0.25) is 4.79 Å². The third kappa shape index (κ3) is 4.11. The van der Waals surface area contributed by atoms with Crippen molar-refractivity contribution in [2.45, 2.75) is 63.6 Å². The fraction of sp³-hybridized carbons (Fsp3) is 0.929. The molecule has 0 aromatic rings. The molecule has 1 N–H and O–H groups in total. The number of carbonyl (C=O) groups is 1. The summed E-state index contributed by atoms with van der Waals surface area (Å²) in [5, 5.41) is 10.6. The van der Waals surface area contributed by atoms with Gasteiger partial charge in [0.1, 0.15) is 0 Å². The summed E-state index contributed by atoms with van der Waals surface area (Å²) < 4.78 is 42.6. The number of carbonyl (C=O) groups excluding carboxylic acids is 1. The molecule has 0 aliphatic heterocycles. The summed E-state index contributed by atoms with van der Waals surface area (Å²) in [5.74, 6) is -2.61. The van der Waals surface area contributed by atoms with E-state index in [4.69, 9.17) is 4.74 Å². The molecule has 118 valence electrons.